The lowest BCUT2D eigenvalue weighted by Crippen LogP contribution is -1.94. The van der Waals surface area contributed by atoms with Gasteiger partial charge in [0, 0.05) is 11.3 Å². The van der Waals surface area contributed by atoms with Crippen molar-refractivity contribution in [1.29, 1.82) is 0 Å². The van der Waals surface area contributed by atoms with Crippen LogP contribution >= 0.6 is 11.8 Å². The molecule has 5 heteroatoms. The van der Waals surface area contributed by atoms with Crippen molar-refractivity contribution in [3.05, 3.63) is 47.6 Å². The summed E-state index contributed by atoms with van der Waals surface area (Å²) in [7, 11) is 0. The van der Waals surface area contributed by atoms with Gasteiger partial charge in [-0.05, 0) is 31.5 Å². The number of benzene rings is 1. The van der Waals surface area contributed by atoms with Gasteiger partial charge in [0.25, 0.3) is 0 Å². The SMILES string of the molecule is Cc1cc(SC(C)c2nc(C(C)C)no2)nc2ccccc12. The van der Waals surface area contributed by atoms with Gasteiger partial charge >= 0.3 is 0 Å². The van der Waals surface area contributed by atoms with Crippen LogP contribution in [-0.4, -0.2) is 15.1 Å². The van der Waals surface area contributed by atoms with E-state index in [9.17, 15) is 0 Å². The average Bonchev–Trinajstić information content (AvgIpc) is 2.97. The first-order valence-corrected chi connectivity index (χ1v) is 8.29. The maximum Gasteiger partial charge on any atom is 0.239 e. The van der Waals surface area contributed by atoms with E-state index in [0.29, 0.717) is 5.89 Å². The quantitative estimate of drug-likeness (QED) is 0.641. The molecule has 1 aromatic carbocycles. The van der Waals surface area contributed by atoms with Crippen LogP contribution in [0.25, 0.3) is 10.9 Å². The topological polar surface area (TPSA) is 51.8 Å². The number of thioether (sulfide) groups is 1. The summed E-state index contributed by atoms with van der Waals surface area (Å²) in [6, 6.07) is 10.3. The molecule has 0 bridgehead atoms. The van der Waals surface area contributed by atoms with Gasteiger partial charge in [0.1, 0.15) is 0 Å². The molecule has 0 aliphatic heterocycles. The summed E-state index contributed by atoms with van der Waals surface area (Å²) in [5.74, 6) is 1.68. The van der Waals surface area contributed by atoms with E-state index in [1.54, 1.807) is 11.8 Å². The summed E-state index contributed by atoms with van der Waals surface area (Å²) >= 11 is 1.64. The molecule has 0 fully saturated rings. The molecule has 4 nitrogen and oxygen atoms in total. The molecule has 0 radical (unpaired) electrons. The van der Waals surface area contributed by atoms with E-state index < -0.39 is 0 Å². The predicted octanol–water partition coefficient (Wildman–Crippen LogP) is 4.90. The van der Waals surface area contributed by atoms with Gasteiger partial charge in [-0.25, -0.2) is 4.98 Å². The number of hydrogen-bond acceptors (Lipinski definition) is 5. The van der Waals surface area contributed by atoms with Gasteiger partial charge in [0.15, 0.2) is 5.82 Å². The Balaban J connectivity index is 1.85. The molecule has 0 N–H and O–H groups in total. The maximum absolute atomic E-state index is 5.37. The lowest BCUT2D eigenvalue weighted by Gasteiger charge is -2.08. The molecule has 0 spiro atoms. The van der Waals surface area contributed by atoms with Crippen molar-refractivity contribution in [2.45, 2.75) is 43.9 Å². The van der Waals surface area contributed by atoms with Gasteiger partial charge in [-0.1, -0.05) is 49.0 Å². The van der Waals surface area contributed by atoms with Crippen LogP contribution in [-0.2, 0) is 0 Å². The van der Waals surface area contributed by atoms with Crippen LogP contribution in [0.4, 0.5) is 0 Å². The molecule has 3 rings (SSSR count). The minimum atomic E-state index is 0.0769. The number of pyridine rings is 1. The predicted molar refractivity (Wildman–Crippen MR) is 89.1 cm³/mol. The second kappa shape index (κ2) is 6.08. The Bertz CT molecular complexity index is 797. The Kier molecular flexibility index (Phi) is 4.16. The lowest BCUT2D eigenvalue weighted by molar-refractivity contribution is 0.373. The molecule has 0 aliphatic rings. The highest BCUT2D eigenvalue weighted by molar-refractivity contribution is 7.99. The molecule has 114 valence electrons. The van der Waals surface area contributed by atoms with Crippen molar-refractivity contribution >= 4 is 22.7 Å². The fourth-order valence-corrected chi connectivity index (χ4v) is 3.21. The highest BCUT2D eigenvalue weighted by atomic mass is 32.2. The van der Waals surface area contributed by atoms with E-state index in [4.69, 9.17) is 9.51 Å². The van der Waals surface area contributed by atoms with Crippen LogP contribution in [0, 0.1) is 6.92 Å². The third-order valence-corrected chi connectivity index (χ3v) is 4.52. The third-order valence-electron chi connectivity index (χ3n) is 3.52. The van der Waals surface area contributed by atoms with Crippen LogP contribution in [0.2, 0.25) is 0 Å². The smallest absolute Gasteiger partial charge is 0.239 e. The minimum absolute atomic E-state index is 0.0769. The minimum Gasteiger partial charge on any atom is -0.338 e. The molecule has 1 atom stereocenters. The van der Waals surface area contributed by atoms with Gasteiger partial charge in [-0.3, -0.25) is 0 Å². The Hall–Kier alpha value is -1.88. The number of aryl methyl sites for hydroxylation is 1. The average molecular weight is 313 g/mol. The highest BCUT2D eigenvalue weighted by Crippen LogP contribution is 2.34. The highest BCUT2D eigenvalue weighted by Gasteiger charge is 2.18. The van der Waals surface area contributed by atoms with E-state index in [-0.39, 0.29) is 11.2 Å². The molecule has 0 saturated heterocycles. The summed E-state index contributed by atoms with van der Waals surface area (Å²) in [5, 5.41) is 6.28. The molecule has 2 aromatic heterocycles. The first-order chi connectivity index (χ1) is 10.5. The first-order valence-electron chi connectivity index (χ1n) is 7.41. The normalized spacial score (nSPS) is 13.0. The summed E-state index contributed by atoms with van der Waals surface area (Å²) in [6.07, 6.45) is 0. The Morgan fingerprint density at radius 2 is 1.86 bits per heavy atom. The van der Waals surface area contributed by atoms with Crippen molar-refractivity contribution in [3.63, 3.8) is 0 Å². The first kappa shape index (κ1) is 15.0. The van der Waals surface area contributed by atoms with Crippen molar-refractivity contribution in [1.82, 2.24) is 15.1 Å². The Labute approximate surface area is 134 Å². The summed E-state index contributed by atoms with van der Waals surface area (Å²) in [5.41, 5.74) is 2.25. The fourth-order valence-electron chi connectivity index (χ4n) is 2.26. The monoisotopic (exact) mass is 313 g/mol. The standard InChI is InChI=1S/C17H19N3OS/c1-10(2)16-19-17(21-20-16)12(4)22-15-9-11(3)13-7-5-6-8-14(13)18-15/h5-10,12H,1-4H3. The summed E-state index contributed by atoms with van der Waals surface area (Å²) in [6.45, 7) is 8.29. The molecular weight excluding hydrogens is 294 g/mol. The van der Waals surface area contributed by atoms with Gasteiger partial charge < -0.3 is 4.52 Å². The molecule has 0 saturated carbocycles. The van der Waals surface area contributed by atoms with Crippen molar-refractivity contribution in [3.8, 4) is 0 Å². The summed E-state index contributed by atoms with van der Waals surface area (Å²) in [4.78, 5) is 9.18. The molecule has 0 amide bonds. The van der Waals surface area contributed by atoms with Crippen LogP contribution in [0.15, 0.2) is 39.9 Å². The largest absolute Gasteiger partial charge is 0.338 e. The molecule has 3 aromatic rings. The number of aromatic nitrogens is 3. The molecule has 1 unspecified atom stereocenters. The number of nitrogens with zero attached hydrogens (tertiary/aromatic N) is 3. The summed E-state index contributed by atoms with van der Waals surface area (Å²) < 4.78 is 5.37. The maximum atomic E-state index is 5.37. The van der Waals surface area contributed by atoms with E-state index >= 15 is 0 Å². The van der Waals surface area contributed by atoms with Crippen LogP contribution < -0.4 is 0 Å². The van der Waals surface area contributed by atoms with Gasteiger partial charge in [0.2, 0.25) is 5.89 Å². The van der Waals surface area contributed by atoms with E-state index in [2.05, 4.69) is 50.0 Å². The molecule has 22 heavy (non-hydrogen) atoms. The van der Waals surface area contributed by atoms with E-state index in [1.807, 2.05) is 18.2 Å². The van der Waals surface area contributed by atoms with Crippen LogP contribution in [0.1, 0.15) is 49.2 Å². The molecule has 0 aliphatic carbocycles. The number of hydrogen-bond donors (Lipinski definition) is 0. The number of rotatable bonds is 4. The zero-order valence-electron chi connectivity index (χ0n) is 13.2. The zero-order chi connectivity index (χ0) is 15.7. The van der Waals surface area contributed by atoms with Crippen molar-refractivity contribution in [2.24, 2.45) is 0 Å². The van der Waals surface area contributed by atoms with Crippen LogP contribution in [0.5, 0.6) is 0 Å². The van der Waals surface area contributed by atoms with E-state index in [1.165, 1.54) is 10.9 Å². The second-order valence-electron chi connectivity index (χ2n) is 5.70. The molecular formula is C17H19N3OS. The third kappa shape index (κ3) is 2.99. The number of para-hydroxylation sites is 1. The van der Waals surface area contributed by atoms with E-state index in [0.717, 1.165) is 16.4 Å². The fraction of sp³-hybridized carbons (Fsp3) is 0.353. The van der Waals surface area contributed by atoms with Gasteiger partial charge in [-0.2, -0.15) is 4.98 Å². The molecule has 2 heterocycles. The second-order valence-corrected chi connectivity index (χ2v) is 7.06. The van der Waals surface area contributed by atoms with Gasteiger partial charge in [-0.15, -0.1) is 0 Å². The van der Waals surface area contributed by atoms with Crippen molar-refractivity contribution < 1.29 is 4.52 Å². The van der Waals surface area contributed by atoms with Crippen LogP contribution in [0.3, 0.4) is 0 Å². The Morgan fingerprint density at radius 1 is 1.09 bits per heavy atom. The number of fused-ring (bicyclic) bond motifs is 1. The van der Waals surface area contributed by atoms with Crippen molar-refractivity contribution in [2.75, 3.05) is 0 Å². The lowest BCUT2D eigenvalue weighted by atomic mass is 10.1. The Morgan fingerprint density at radius 3 is 2.59 bits per heavy atom. The van der Waals surface area contributed by atoms with Gasteiger partial charge in [0.05, 0.1) is 15.8 Å². The zero-order valence-corrected chi connectivity index (χ0v) is 14.0.